The van der Waals surface area contributed by atoms with E-state index in [0.717, 1.165) is 66.1 Å². The Morgan fingerprint density at radius 3 is 2.51 bits per heavy atom. The molecule has 1 atom stereocenters. The third kappa shape index (κ3) is 4.93. The van der Waals surface area contributed by atoms with Crippen LogP contribution in [-0.4, -0.2) is 95.4 Å². The maximum absolute atomic E-state index is 14.4. The van der Waals surface area contributed by atoms with Gasteiger partial charge in [-0.25, -0.2) is 10.3 Å². The Bertz CT molecular complexity index is 1770. The molecule has 2 saturated heterocycles. The van der Waals surface area contributed by atoms with E-state index in [2.05, 4.69) is 9.47 Å². The summed E-state index contributed by atoms with van der Waals surface area (Å²) in [6.45, 7) is 5.57. The lowest BCUT2D eigenvalue weighted by atomic mass is 9.69. The average Bonchev–Trinajstić information content (AvgIpc) is 3.39. The number of urea groups is 1. The number of morpholine rings is 1. The highest BCUT2D eigenvalue weighted by molar-refractivity contribution is 6.09. The standard InChI is InChI=1S/C34H35N5O6/c1-36-32(41)34(25-5-3-2-4-6-25)22-38(33(36)42)21-29-30(34)27-19-26(45-18-15-37-13-16-44-17-14-37)11-12-28(27)39(29)20-23-7-9-24(10-8-23)31(40)35-43/h2-12,19,43H,13-18,20-22H2,1H3,(H,35,40). The van der Waals surface area contributed by atoms with Crippen molar-refractivity contribution in [3.8, 4) is 5.75 Å². The van der Waals surface area contributed by atoms with Crippen LogP contribution in [0.2, 0.25) is 0 Å². The second kappa shape index (κ2) is 11.7. The highest BCUT2D eigenvalue weighted by Gasteiger charge is 2.56. The van der Waals surface area contributed by atoms with E-state index in [1.807, 2.05) is 60.7 Å². The van der Waals surface area contributed by atoms with Crippen LogP contribution in [0, 0.1) is 0 Å². The Balaban J connectivity index is 1.36. The fourth-order valence-corrected chi connectivity index (χ4v) is 7.00. The SMILES string of the molecule is CN1C(=O)N2Cc3c(c4cc(OCCN5CCOCC5)ccc4n3Cc3ccc(C(=O)NO)cc3)C(c3ccccc3)(C2)C1=O. The van der Waals surface area contributed by atoms with E-state index in [0.29, 0.717) is 31.0 Å². The van der Waals surface area contributed by atoms with Gasteiger partial charge in [0.15, 0.2) is 0 Å². The highest BCUT2D eigenvalue weighted by atomic mass is 16.5. The average molecular weight is 610 g/mol. The molecule has 2 fully saturated rings. The molecule has 0 aliphatic carbocycles. The maximum atomic E-state index is 14.4. The van der Waals surface area contributed by atoms with Crippen LogP contribution in [-0.2, 0) is 28.0 Å². The second-order valence-electron chi connectivity index (χ2n) is 11.8. The quantitative estimate of drug-likeness (QED) is 0.233. The molecule has 11 heteroatoms. The maximum Gasteiger partial charge on any atom is 0.326 e. The minimum Gasteiger partial charge on any atom is -0.492 e. The molecule has 0 saturated carbocycles. The lowest BCUT2D eigenvalue weighted by Crippen LogP contribution is -2.65. The first-order valence-electron chi connectivity index (χ1n) is 15.1. The van der Waals surface area contributed by atoms with Gasteiger partial charge in [-0.15, -0.1) is 0 Å². The van der Waals surface area contributed by atoms with Crippen molar-refractivity contribution >= 4 is 28.7 Å². The van der Waals surface area contributed by atoms with Crippen molar-refractivity contribution in [2.45, 2.75) is 18.5 Å². The number of hydrogen-bond acceptors (Lipinski definition) is 7. The zero-order valence-electron chi connectivity index (χ0n) is 25.1. The topological polar surface area (TPSA) is 117 Å². The molecule has 45 heavy (non-hydrogen) atoms. The van der Waals surface area contributed by atoms with Gasteiger partial charge in [0.05, 0.1) is 19.8 Å². The first-order valence-corrected chi connectivity index (χ1v) is 15.1. The van der Waals surface area contributed by atoms with E-state index in [-0.39, 0.29) is 18.5 Å². The number of carbonyl (C=O) groups is 3. The van der Waals surface area contributed by atoms with Gasteiger partial charge in [0.2, 0.25) is 5.91 Å². The van der Waals surface area contributed by atoms with Crippen LogP contribution in [0.15, 0.2) is 72.8 Å². The number of benzene rings is 3. The van der Waals surface area contributed by atoms with Crippen molar-refractivity contribution < 1.29 is 29.1 Å². The molecule has 4 aromatic rings. The zero-order chi connectivity index (χ0) is 31.1. The Morgan fingerprint density at radius 1 is 1.02 bits per heavy atom. The van der Waals surface area contributed by atoms with Gasteiger partial charge in [-0.05, 0) is 41.5 Å². The van der Waals surface area contributed by atoms with E-state index in [9.17, 15) is 14.4 Å². The van der Waals surface area contributed by atoms with Crippen molar-refractivity contribution in [1.82, 2.24) is 24.7 Å². The number of aromatic nitrogens is 1. The van der Waals surface area contributed by atoms with Crippen molar-refractivity contribution in [2.24, 2.45) is 0 Å². The minimum absolute atomic E-state index is 0.248. The summed E-state index contributed by atoms with van der Waals surface area (Å²) in [6, 6.07) is 22.4. The smallest absolute Gasteiger partial charge is 0.326 e. The Morgan fingerprint density at radius 2 is 1.78 bits per heavy atom. The summed E-state index contributed by atoms with van der Waals surface area (Å²) < 4.78 is 13.9. The predicted octanol–water partition coefficient (Wildman–Crippen LogP) is 3.21. The molecule has 1 aromatic heterocycles. The number of nitrogens with zero attached hydrogens (tertiary/aromatic N) is 4. The molecule has 3 aromatic carbocycles. The number of fused-ring (bicyclic) bond motifs is 6. The Hall–Kier alpha value is -4.71. The van der Waals surface area contributed by atoms with Crippen molar-refractivity contribution in [3.63, 3.8) is 0 Å². The molecule has 0 radical (unpaired) electrons. The number of ether oxygens (including phenoxy) is 2. The van der Waals surface area contributed by atoms with Crippen LogP contribution >= 0.6 is 0 Å². The summed E-state index contributed by atoms with van der Waals surface area (Å²) in [5, 5.41) is 9.94. The molecule has 4 heterocycles. The van der Waals surface area contributed by atoms with E-state index < -0.39 is 11.3 Å². The number of nitrogens with one attached hydrogen (secondary N) is 1. The van der Waals surface area contributed by atoms with Gasteiger partial charge in [0.25, 0.3) is 5.91 Å². The fraction of sp³-hybridized carbons (Fsp3) is 0.324. The normalized spacial score (nSPS) is 20.0. The molecule has 1 unspecified atom stereocenters. The molecule has 2 bridgehead atoms. The summed E-state index contributed by atoms with van der Waals surface area (Å²) in [6.07, 6.45) is 0. The summed E-state index contributed by atoms with van der Waals surface area (Å²) in [5.41, 5.74) is 5.35. The zero-order valence-corrected chi connectivity index (χ0v) is 25.1. The molecule has 232 valence electrons. The number of likely N-dealkylation sites (N-methyl/N-ethyl adjacent to an activating group) is 1. The molecular weight excluding hydrogens is 574 g/mol. The summed E-state index contributed by atoms with van der Waals surface area (Å²) in [4.78, 5) is 45.0. The second-order valence-corrected chi connectivity index (χ2v) is 11.8. The third-order valence-electron chi connectivity index (χ3n) is 9.27. The largest absolute Gasteiger partial charge is 0.492 e. The Labute approximate surface area is 260 Å². The monoisotopic (exact) mass is 609 g/mol. The Kier molecular flexibility index (Phi) is 7.52. The van der Waals surface area contributed by atoms with Crippen molar-refractivity contribution in [1.29, 1.82) is 0 Å². The number of amides is 4. The first-order chi connectivity index (χ1) is 21.9. The van der Waals surface area contributed by atoms with Crippen molar-refractivity contribution in [2.75, 3.05) is 53.0 Å². The van der Waals surface area contributed by atoms with Crippen molar-refractivity contribution in [3.05, 3.63) is 101 Å². The van der Waals surface area contributed by atoms with Crippen LogP contribution in [0.4, 0.5) is 4.79 Å². The molecule has 0 spiro atoms. The number of carbonyl (C=O) groups excluding carboxylic acids is 3. The van der Waals surface area contributed by atoms with Gasteiger partial charge in [-0.3, -0.25) is 24.6 Å². The number of hydrogen-bond donors (Lipinski definition) is 2. The molecule has 4 amide bonds. The minimum atomic E-state index is -1.10. The van der Waals surface area contributed by atoms with Crippen LogP contribution < -0.4 is 10.2 Å². The van der Waals surface area contributed by atoms with E-state index in [1.54, 1.807) is 29.6 Å². The number of hydroxylamine groups is 1. The van der Waals surface area contributed by atoms with Crippen LogP contribution in [0.5, 0.6) is 5.75 Å². The molecule has 3 aliphatic rings. The first kappa shape index (κ1) is 29.0. The fourth-order valence-electron chi connectivity index (χ4n) is 7.00. The van der Waals surface area contributed by atoms with Gasteiger partial charge in [-0.2, -0.15) is 0 Å². The molecule has 3 aliphatic heterocycles. The van der Waals surface area contributed by atoms with Crippen LogP contribution in [0.25, 0.3) is 10.9 Å². The summed E-state index contributed by atoms with van der Waals surface area (Å²) in [5.74, 6) is -0.126. The van der Waals surface area contributed by atoms with Gasteiger partial charge >= 0.3 is 6.03 Å². The van der Waals surface area contributed by atoms with Crippen LogP contribution in [0.3, 0.4) is 0 Å². The molecular formula is C34H35N5O6. The number of rotatable bonds is 8. The van der Waals surface area contributed by atoms with Gasteiger partial charge in [0, 0.05) is 67.5 Å². The van der Waals surface area contributed by atoms with E-state index in [4.69, 9.17) is 14.7 Å². The summed E-state index contributed by atoms with van der Waals surface area (Å²) >= 11 is 0. The molecule has 2 N–H and O–H groups in total. The molecule has 11 nitrogen and oxygen atoms in total. The third-order valence-corrected chi connectivity index (χ3v) is 9.27. The lowest BCUT2D eigenvalue weighted by Gasteiger charge is -2.49. The van der Waals surface area contributed by atoms with E-state index in [1.165, 1.54) is 4.90 Å². The van der Waals surface area contributed by atoms with Gasteiger partial charge < -0.3 is 18.9 Å². The summed E-state index contributed by atoms with van der Waals surface area (Å²) in [7, 11) is 1.56. The predicted molar refractivity (Wildman–Crippen MR) is 165 cm³/mol. The van der Waals surface area contributed by atoms with Crippen LogP contribution in [0.1, 0.15) is 32.7 Å². The van der Waals surface area contributed by atoms with E-state index >= 15 is 0 Å². The number of imide groups is 1. The highest BCUT2D eigenvalue weighted by Crippen LogP contribution is 2.48. The van der Waals surface area contributed by atoms with Gasteiger partial charge in [-0.1, -0.05) is 42.5 Å². The molecule has 7 rings (SSSR count). The van der Waals surface area contributed by atoms with Gasteiger partial charge in [0.1, 0.15) is 17.8 Å². The lowest BCUT2D eigenvalue weighted by molar-refractivity contribution is -0.136.